The Balaban J connectivity index is 1.52. The van der Waals surface area contributed by atoms with Crippen LogP contribution in [-0.2, 0) is 11.2 Å². The Morgan fingerprint density at radius 1 is 1.00 bits per heavy atom. The minimum atomic E-state index is -0.918. The lowest BCUT2D eigenvalue weighted by atomic mass is 10.0. The van der Waals surface area contributed by atoms with Crippen molar-refractivity contribution < 1.29 is 14.4 Å². The second-order valence-electron chi connectivity index (χ2n) is 7.50. The highest BCUT2D eigenvalue weighted by Crippen LogP contribution is 2.28. The van der Waals surface area contributed by atoms with E-state index < -0.39 is 23.8 Å². The van der Waals surface area contributed by atoms with Crippen LogP contribution in [0.25, 0.3) is 0 Å². The van der Waals surface area contributed by atoms with Crippen molar-refractivity contribution in [2.45, 2.75) is 26.3 Å². The van der Waals surface area contributed by atoms with E-state index in [9.17, 15) is 14.4 Å². The maximum atomic E-state index is 13.1. The third-order valence-corrected chi connectivity index (χ3v) is 5.92. The van der Waals surface area contributed by atoms with Gasteiger partial charge in [0.15, 0.2) is 5.13 Å². The molecule has 0 saturated carbocycles. The van der Waals surface area contributed by atoms with E-state index in [4.69, 9.17) is 0 Å². The Kier molecular flexibility index (Phi) is 5.46. The van der Waals surface area contributed by atoms with Crippen molar-refractivity contribution in [2.24, 2.45) is 5.92 Å². The third kappa shape index (κ3) is 3.76. The average Bonchev–Trinajstić information content (AvgIpc) is 3.27. The number of hydrogen-bond donors (Lipinski definition) is 1. The maximum Gasteiger partial charge on any atom is 0.262 e. The quantitative estimate of drug-likeness (QED) is 0.613. The highest BCUT2D eigenvalue weighted by atomic mass is 32.1. The van der Waals surface area contributed by atoms with Gasteiger partial charge in [-0.25, -0.2) is 4.98 Å². The summed E-state index contributed by atoms with van der Waals surface area (Å²) in [5.74, 6) is -1.54. The molecule has 152 valence electrons. The van der Waals surface area contributed by atoms with Crippen molar-refractivity contribution in [3.63, 3.8) is 0 Å². The summed E-state index contributed by atoms with van der Waals surface area (Å²) in [7, 11) is 0. The third-order valence-electron chi connectivity index (χ3n) is 5.01. The van der Waals surface area contributed by atoms with Crippen molar-refractivity contribution >= 4 is 34.2 Å². The van der Waals surface area contributed by atoms with Gasteiger partial charge in [0.05, 0.1) is 11.1 Å². The topological polar surface area (TPSA) is 79.4 Å². The van der Waals surface area contributed by atoms with Crippen LogP contribution in [0.1, 0.15) is 45.0 Å². The lowest BCUT2D eigenvalue weighted by Gasteiger charge is -2.27. The molecule has 0 spiro atoms. The minimum Gasteiger partial charge on any atom is -0.300 e. The number of nitrogens with one attached hydrogen (secondary N) is 1. The molecule has 4 rings (SSSR count). The summed E-state index contributed by atoms with van der Waals surface area (Å²) >= 11 is 1.39. The van der Waals surface area contributed by atoms with Crippen molar-refractivity contribution in [3.05, 3.63) is 82.4 Å². The van der Waals surface area contributed by atoms with Gasteiger partial charge in [0.2, 0.25) is 5.91 Å². The highest BCUT2D eigenvalue weighted by molar-refractivity contribution is 7.15. The minimum absolute atomic E-state index is 0.254. The zero-order chi connectivity index (χ0) is 21.3. The SMILES string of the molecule is CC(C)C(C(=O)Nc1ncc(Cc2ccccc2)s1)N1C(=O)c2ccccc2C1=O. The number of thiazole rings is 1. The lowest BCUT2D eigenvalue weighted by molar-refractivity contribution is -0.121. The monoisotopic (exact) mass is 419 g/mol. The Labute approximate surface area is 178 Å². The first-order valence-corrected chi connectivity index (χ1v) is 10.5. The van der Waals surface area contributed by atoms with E-state index in [0.717, 1.165) is 21.8 Å². The molecule has 30 heavy (non-hydrogen) atoms. The van der Waals surface area contributed by atoms with Gasteiger partial charge in [-0.05, 0) is 23.6 Å². The fourth-order valence-electron chi connectivity index (χ4n) is 3.60. The van der Waals surface area contributed by atoms with Crippen LogP contribution in [-0.4, -0.2) is 33.6 Å². The molecule has 2 aromatic carbocycles. The second kappa shape index (κ2) is 8.20. The molecular formula is C23H21N3O3S. The maximum absolute atomic E-state index is 13.1. The van der Waals surface area contributed by atoms with Gasteiger partial charge in [-0.2, -0.15) is 0 Å². The number of amides is 3. The summed E-state index contributed by atoms with van der Waals surface area (Å²) in [6.07, 6.45) is 2.46. The molecule has 3 aromatic rings. The van der Waals surface area contributed by atoms with Crippen molar-refractivity contribution in [2.75, 3.05) is 5.32 Å². The van der Waals surface area contributed by atoms with E-state index in [1.165, 1.54) is 11.3 Å². The van der Waals surface area contributed by atoms with Crippen LogP contribution in [0.5, 0.6) is 0 Å². The summed E-state index contributed by atoms with van der Waals surface area (Å²) in [5.41, 5.74) is 1.82. The summed E-state index contributed by atoms with van der Waals surface area (Å²) < 4.78 is 0. The summed E-state index contributed by atoms with van der Waals surface area (Å²) in [6, 6.07) is 15.7. The smallest absolute Gasteiger partial charge is 0.262 e. The molecule has 0 saturated heterocycles. The van der Waals surface area contributed by atoms with Crippen LogP contribution in [0.15, 0.2) is 60.8 Å². The van der Waals surface area contributed by atoms with Crippen molar-refractivity contribution in [1.82, 2.24) is 9.88 Å². The molecule has 2 heterocycles. The van der Waals surface area contributed by atoms with E-state index in [0.29, 0.717) is 16.3 Å². The van der Waals surface area contributed by atoms with Crippen LogP contribution in [0.3, 0.4) is 0 Å². The molecule has 0 radical (unpaired) electrons. The van der Waals surface area contributed by atoms with Crippen LogP contribution >= 0.6 is 11.3 Å². The molecule has 1 aliphatic rings. The number of carbonyl (C=O) groups is 3. The van der Waals surface area contributed by atoms with Crippen LogP contribution in [0.4, 0.5) is 5.13 Å². The van der Waals surface area contributed by atoms with Crippen LogP contribution in [0, 0.1) is 5.92 Å². The number of rotatable bonds is 6. The number of aromatic nitrogens is 1. The first-order chi connectivity index (χ1) is 14.5. The van der Waals surface area contributed by atoms with Gasteiger partial charge < -0.3 is 5.32 Å². The molecule has 0 bridgehead atoms. The average molecular weight is 420 g/mol. The zero-order valence-corrected chi connectivity index (χ0v) is 17.5. The van der Waals surface area contributed by atoms with Gasteiger partial charge in [0, 0.05) is 17.5 Å². The molecule has 1 unspecified atom stereocenters. The highest BCUT2D eigenvalue weighted by Gasteiger charge is 2.44. The first-order valence-electron chi connectivity index (χ1n) is 9.72. The Morgan fingerprint density at radius 2 is 1.60 bits per heavy atom. The fraction of sp³-hybridized carbons (Fsp3) is 0.217. The second-order valence-corrected chi connectivity index (χ2v) is 8.61. The molecule has 0 fully saturated rings. The Hall–Kier alpha value is -3.32. The number of anilines is 1. The van der Waals surface area contributed by atoms with E-state index in [1.54, 1.807) is 30.5 Å². The summed E-state index contributed by atoms with van der Waals surface area (Å²) in [5, 5.41) is 3.25. The number of nitrogens with zero attached hydrogens (tertiary/aromatic N) is 2. The van der Waals surface area contributed by atoms with Crippen molar-refractivity contribution in [3.8, 4) is 0 Å². The molecule has 6 nitrogen and oxygen atoms in total. The van der Waals surface area contributed by atoms with Gasteiger partial charge in [0.1, 0.15) is 6.04 Å². The molecule has 0 aliphatic carbocycles. The molecule has 1 N–H and O–H groups in total. The van der Waals surface area contributed by atoms with Gasteiger partial charge >= 0.3 is 0 Å². The normalized spacial score (nSPS) is 14.2. The molecule has 1 atom stereocenters. The number of hydrogen-bond acceptors (Lipinski definition) is 5. The van der Waals surface area contributed by atoms with E-state index >= 15 is 0 Å². The number of benzene rings is 2. The van der Waals surface area contributed by atoms with Gasteiger partial charge in [-0.3, -0.25) is 19.3 Å². The molecule has 3 amide bonds. The number of imide groups is 1. The van der Waals surface area contributed by atoms with Gasteiger partial charge in [-0.1, -0.05) is 56.3 Å². The van der Waals surface area contributed by atoms with Crippen LogP contribution in [0.2, 0.25) is 0 Å². The lowest BCUT2D eigenvalue weighted by Crippen LogP contribution is -2.50. The standard InChI is InChI=1S/C23H21N3O3S/c1-14(2)19(26-21(28)17-10-6-7-11-18(17)22(26)29)20(27)25-23-24-13-16(30-23)12-15-8-4-3-5-9-15/h3-11,13-14,19H,12H2,1-2H3,(H,24,25,27). The molecule has 7 heteroatoms. The largest absolute Gasteiger partial charge is 0.300 e. The molecular weight excluding hydrogens is 398 g/mol. The zero-order valence-electron chi connectivity index (χ0n) is 16.7. The molecule has 1 aliphatic heterocycles. The van der Waals surface area contributed by atoms with Crippen molar-refractivity contribution in [1.29, 1.82) is 0 Å². The predicted molar refractivity (Wildman–Crippen MR) is 116 cm³/mol. The number of fused-ring (bicyclic) bond motifs is 1. The Bertz CT molecular complexity index is 1070. The number of carbonyl (C=O) groups excluding carboxylic acids is 3. The van der Waals surface area contributed by atoms with Gasteiger partial charge in [-0.15, -0.1) is 11.3 Å². The predicted octanol–water partition coefficient (Wildman–Crippen LogP) is 3.99. The van der Waals surface area contributed by atoms with E-state index in [1.807, 2.05) is 44.2 Å². The van der Waals surface area contributed by atoms with E-state index in [2.05, 4.69) is 10.3 Å². The fourth-order valence-corrected chi connectivity index (χ4v) is 4.45. The van der Waals surface area contributed by atoms with E-state index in [-0.39, 0.29) is 5.92 Å². The summed E-state index contributed by atoms with van der Waals surface area (Å²) in [4.78, 5) is 45.1. The van der Waals surface area contributed by atoms with Gasteiger partial charge in [0.25, 0.3) is 11.8 Å². The summed E-state index contributed by atoms with van der Waals surface area (Å²) in [6.45, 7) is 3.63. The first kappa shape index (κ1) is 20.0. The Morgan fingerprint density at radius 3 is 2.20 bits per heavy atom. The van der Waals surface area contributed by atoms with Crippen LogP contribution < -0.4 is 5.32 Å². The molecule has 1 aromatic heterocycles.